The molecule has 2 amide bonds. The van der Waals surface area contributed by atoms with Crippen LogP contribution in [0.15, 0.2) is 60.9 Å². The summed E-state index contributed by atoms with van der Waals surface area (Å²) >= 11 is 0. The van der Waals surface area contributed by atoms with Crippen molar-refractivity contribution in [3.05, 3.63) is 83.5 Å². The van der Waals surface area contributed by atoms with E-state index in [1.54, 1.807) is 41.6 Å². The molecule has 0 radical (unpaired) electrons. The number of amides is 2. The Balaban J connectivity index is 1.06. The van der Waals surface area contributed by atoms with Crippen molar-refractivity contribution in [2.45, 2.75) is 72.6 Å². The Bertz CT molecular complexity index is 3380. The summed E-state index contributed by atoms with van der Waals surface area (Å²) in [5, 5.41) is 12.1. The van der Waals surface area contributed by atoms with E-state index in [1.807, 2.05) is 65.9 Å². The van der Waals surface area contributed by atoms with E-state index in [-0.39, 0.29) is 25.3 Å². The highest BCUT2D eigenvalue weighted by molar-refractivity contribution is 6.13. The first-order valence-electron chi connectivity index (χ1n) is 24.4. The van der Waals surface area contributed by atoms with Crippen LogP contribution in [0, 0.1) is 13.8 Å². The van der Waals surface area contributed by atoms with Crippen LogP contribution in [0.2, 0.25) is 0 Å². The fraction of sp³-hybridized carbons (Fsp3) is 0.412. The minimum atomic E-state index is -2.67. The summed E-state index contributed by atoms with van der Waals surface area (Å²) in [4.78, 5) is 49.7. The first-order chi connectivity index (χ1) is 34.8. The normalized spacial score (nSPS) is 15.4. The van der Waals surface area contributed by atoms with Crippen LogP contribution in [-0.2, 0) is 30.9 Å². The van der Waals surface area contributed by atoms with Gasteiger partial charge >= 0.3 is 0 Å². The van der Waals surface area contributed by atoms with Gasteiger partial charge in [0, 0.05) is 97.4 Å². The Morgan fingerprint density at radius 3 is 1.57 bits per heavy atom. The summed E-state index contributed by atoms with van der Waals surface area (Å²) in [5.41, 5.74) is 18.1. The third kappa shape index (κ3) is 9.58. The highest BCUT2D eigenvalue weighted by Gasteiger charge is 2.43. The first kappa shape index (κ1) is 48.3. The van der Waals surface area contributed by atoms with Gasteiger partial charge in [-0.05, 0) is 76.9 Å². The molecule has 2 fully saturated rings. The van der Waals surface area contributed by atoms with Gasteiger partial charge in [0.05, 0.1) is 61.9 Å². The number of fused-ring (bicyclic) bond motifs is 6. The summed E-state index contributed by atoms with van der Waals surface area (Å²) in [6, 6.07) is 10.7. The Labute approximate surface area is 413 Å². The number of primary amides is 2. The number of allylic oxidation sites excluding steroid dienone is 2. The second-order valence-electron chi connectivity index (χ2n) is 18.4. The summed E-state index contributed by atoms with van der Waals surface area (Å²) < 4.78 is 53.6. The molecule has 21 heteroatoms. The lowest BCUT2D eigenvalue weighted by molar-refractivity contribution is -0.130. The van der Waals surface area contributed by atoms with E-state index in [1.165, 1.54) is 0 Å². The van der Waals surface area contributed by atoms with Gasteiger partial charge in [0.15, 0.2) is 11.6 Å². The number of nitrogens with zero attached hydrogens (tertiary/aromatic N) is 12. The lowest BCUT2D eigenvalue weighted by atomic mass is 10.1. The van der Waals surface area contributed by atoms with Crippen molar-refractivity contribution in [2.75, 3.05) is 65.7 Å². The number of nitrogens with two attached hydrogens (primary N) is 2. The van der Waals surface area contributed by atoms with Crippen LogP contribution in [0.3, 0.4) is 0 Å². The highest BCUT2D eigenvalue weighted by Crippen LogP contribution is 2.39. The lowest BCUT2D eigenvalue weighted by Gasteiger charge is -2.38. The number of halogens is 2. The van der Waals surface area contributed by atoms with Gasteiger partial charge in [0.2, 0.25) is 11.8 Å². The van der Waals surface area contributed by atoms with E-state index in [4.69, 9.17) is 45.6 Å². The van der Waals surface area contributed by atoms with Gasteiger partial charge in [0.1, 0.15) is 34.2 Å². The molecule has 8 heterocycles. The Hall–Kier alpha value is -7.36. The van der Waals surface area contributed by atoms with Gasteiger partial charge in [-0.2, -0.15) is 10.2 Å². The molecule has 2 saturated heterocycles. The molecule has 2 aliphatic rings. The minimum Gasteiger partial charge on any atom is -0.491 e. The number of morpholine rings is 1. The predicted octanol–water partition coefficient (Wildman–Crippen LogP) is 6.14. The maximum absolute atomic E-state index is 13.6. The van der Waals surface area contributed by atoms with Crippen LogP contribution in [0.1, 0.15) is 58.8 Å². The molecule has 2 aromatic carbocycles. The minimum absolute atomic E-state index is 0.202. The zero-order chi connectivity index (χ0) is 50.3. The fourth-order valence-corrected chi connectivity index (χ4v) is 9.86. The number of likely N-dealkylation sites (tertiary alicyclic amines) is 1. The molecule has 0 unspecified atom stereocenters. The highest BCUT2D eigenvalue weighted by atomic mass is 19.3. The van der Waals surface area contributed by atoms with Gasteiger partial charge in [-0.15, -0.1) is 0 Å². The zero-order valence-electron chi connectivity index (χ0n) is 40.9. The van der Waals surface area contributed by atoms with Crippen molar-refractivity contribution < 1.29 is 32.6 Å². The van der Waals surface area contributed by atoms with Gasteiger partial charge < -0.3 is 34.8 Å². The molecule has 4 N–H and O–H groups in total. The molecule has 8 aromatic rings. The van der Waals surface area contributed by atoms with E-state index >= 15 is 0 Å². The Kier molecular flexibility index (Phi) is 13.4. The van der Waals surface area contributed by atoms with Crippen LogP contribution in [0.4, 0.5) is 8.78 Å². The SMILES string of the molecule is CCn1nc(C)cc1-c1ncc2c3cc(C(N)=O)cc(OCCCN4CCOCC4)c3n(C/C=C/Cn3c4nc(-c5cc(C)nn5CC)ncc4c4cc(C(N)=O)cc(OCCCN5CC(F)(F)C5)c43)c2n1. The van der Waals surface area contributed by atoms with Gasteiger partial charge in [-0.25, -0.2) is 28.7 Å². The van der Waals surface area contributed by atoms with E-state index in [9.17, 15) is 18.4 Å². The topological polar surface area (TPSA) is 217 Å². The molecule has 0 atom stereocenters. The van der Waals surface area contributed by atoms with Crippen molar-refractivity contribution >= 4 is 55.7 Å². The smallest absolute Gasteiger partial charge is 0.272 e. The van der Waals surface area contributed by atoms with Crippen LogP contribution >= 0.6 is 0 Å². The lowest BCUT2D eigenvalue weighted by Crippen LogP contribution is -2.56. The Morgan fingerprint density at radius 1 is 0.681 bits per heavy atom. The quantitative estimate of drug-likeness (QED) is 0.0649. The summed E-state index contributed by atoms with van der Waals surface area (Å²) in [6.07, 6.45) is 8.80. The molecule has 19 nitrogen and oxygen atoms in total. The largest absolute Gasteiger partial charge is 0.491 e. The standard InChI is InChI=1S/C51H58F2N14O5/c1-5-66-39(21-31(3)60-66)47-56-27-37-35-23-33(45(54)68)25-41(71-17-9-11-62-15-19-70-20-16-62)43(35)64(49(37)58-47)13-7-8-14-65-44-36(38-28-57-48(59-50(38)65)40-22-32(4)61-67(40)6-2)24-34(46(55)69)26-42(44)72-18-10-12-63-29-51(52,53)30-63/h7-8,21-28H,5-6,9-20,29-30H2,1-4H3,(H2,54,68)(H2,55,69)/b8-7+. The maximum Gasteiger partial charge on any atom is 0.272 e. The molecule has 0 bridgehead atoms. The monoisotopic (exact) mass is 984 g/mol. The van der Waals surface area contributed by atoms with Gasteiger partial charge in [0.25, 0.3) is 5.92 Å². The van der Waals surface area contributed by atoms with Crippen molar-refractivity contribution in [1.82, 2.24) is 58.4 Å². The third-order valence-electron chi connectivity index (χ3n) is 13.3. The number of hydrogen-bond donors (Lipinski definition) is 2. The van der Waals surface area contributed by atoms with E-state index in [0.29, 0.717) is 126 Å². The van der Waals surface area contributed by atoms with Gasteiger partial charge in [-0.1, -0.05) is 12.2 Å². The van der Waals surface area contributed by atoms with Crippen LogP contribution in [0.25, 0.3) is 66.9 Å². The average Bonchev–Trinajstić information content (AvgIpc) is 4.12. The number of ether oxygens (including phenoxy) is 3. The van der Waals surface area contributed by atoms with Crippen LogP contribution < -0.4 is 20.9 Å². The fourth-order valence-electron chi connectivity index (χ4n) is 9.86. The molecule has 72 heavy (non-hydrogen) atoms. The molecule has 376 valence electrons. The molecular formula is C51H58F2N14O5. The molecule has 0 aliphatic carbocycles. The third-order valence-corrected chi connectivity index (χ3v) is 13.3. The number of rotatable bonds is 20. The summed E-state index contributed by atoms with van der Waals surface area (Å²) in [5.74, 6) is -2.05. The van der Waals surface area contributed by atoms with Crippen molar-refractivity contribution in [3.8, 4) is 34.5 Å². The molecule has 2 aliphatic heterocycles. The first-order valence-corrected chi connectivity index (χ1v) is 24.4. The molecule has 10 rings (SSSR count). The predicted molar refractivity (Wildman–Crippen MR) is 268 cm³/mol. The number of aromatic nitrogens is 10. The van der Waals surface area contributed by atoms with Gasteiger partial charge in [-0.3, -0.25) is 28.8 Å². The number of alkyl halides is 2. The van der Waals surface area contributed by atoms with Crippen molar-refractivity contribution in [2.24, 2.45) is 11.5 Å². The number of aryl methyl sites for hydroxylation is 4. The summed E-state index contributed by atoms with van der Waals surface area (Å²) in [7, 11) is 0. The second-order valence-corrected chi connectivity index (χ2v) is 18.4. The van der Waals surface area contributed by atoms with E-state index < -0.39 is 17.7 Å². The molecule has 0 spiro atoms. The van der Waals surface area contributed by atoms with E-state index in [2.05, 4.69) is 19.7 Å². The molecular weight excluding hydrogens is 927 g/mol. The number of carbonyl (C=O) groups excluding carboxylic acids is 2. The number of benzene rings is 2. The second kappa shape index (κ2) is 20.0. The summed E-state index contributed by atoms with van der Waals surface area (Å²) in [6.45, 7) is 14.1. The van der Waals surface area contributed by atoms with Crippen LogP contribution in [0.5, 0.6) is 11.5 Å². The zero-order valence-corrected chi connectivity index (χ0v) is 40.9. The molecule has 0 saturated carbocycles. The van der Waals surface area contributed by atoms with Crippen molar-refractivity contribution in [3.63, 3.8) is 0 Å². The molecule has 6 aromatic heterocycles. The van der Waals surface area contributed by atoms with Crippen LogP contribution in [-0.4, -0.2) is 142 Å². The maximum atomic E-state index is 13.6. The van der Waals surface area contributed by atoms with E-state index in [0.717, 1.165) is 54.3 Å². The average molecular weight is 985 g/mol. The number of hydrogen-bond acceptors (Lipinski definition) is 13. The van der Waals surface area contributed by atoms with Crippen molar-refractivity contribution in [1.29, 1.82) is 0 Å². The number of carbonyl (C=O) groups is 2. The Morgan fingerprint density at radius 2 is 1.14 bits per heavy atom.